The first-order chi connectivity index (χ1) is 15.6. The first kappa shape index (κ1) is 22.1. The van der Waals surface area contributed by atoms with E-state index in [1.54, 1.807) is 28.4 Å². The van der Waals surface area contributed by atoms with Crippen molar-refractivity contribution in [2.75, 3.05) is 28.4 Å². The summed E-state index contributed by atoms with van der Waals surface area (Å²) < 4.78 is 22.9. The van der Waals surface area contributed by atoms with E-state index in [2.05, 4.69) is 33.8 Å². The van der Waals surface area contributed by atoms with Crippen LogP contribution in [-0.2, 0) is 6.54 Å². The lowest BCUT2D eigenvalue weighted by molar-refractivity contribution is 0.0396. The number of ether oxygens (including phenoxy) is 4. The van der Waals surface area contributed by atoms with Crippen molar-refractivity contribution in [1.82, 2.24) is 10.6 Å². The normalized spacial score (nSPS) is 19.1. The molecule has 1 aliphatic heterocycles. The van der Waals surface area contributed by atoms with Crippen molar-refractivity contribution in [3.05, 3.63) is 47.5 Å². The summed E-state index contributed by atoms with van der Waals surface area (Å²) in [5.74, 6) is 3.58. The lowest BCUT2D eigenvalue weighted by Crippen LogP contribution is -2.46. The number of fused-ring (bicyclic) bond motifs is 1. The van der Waals surface area contributed by atoms with E-state index in [1.165, 1.54) is 18.4 Å². The van der Waals surface area contributed by atoms with Gasteiger partial charge in [0.2, 0.25) is 5.75 Å². The van der Waals surface area contributed by atoms with Crippen LogP contribution in [0.2, 0.25) is 0 Å². The Morgan fingerprint density at radius 1 is 1.06 bits per heavy atom. The van der Waals surface area contributed by atoms with Gasteiger partial charge in [-0.25, -0.2) is 0 Å². The van der Waals surface area contributed by atoms with E-state index >= 15 is 0 Å². The van der Waals surface area contributed by atoms with Crippen LogP contribution in [-0.4, -0.2) is 39.9 Å². The van der Waals surface area contributed by atoms with Gasteiger partial charge in [0.25, 0.3) is 0 Å². The molecule has 1 unspecified atom stereocenters. The number of aliphatic imine (C=N–C) groups is 1. The number of nitrogens with one attached hydrogen (secondary N) is 2. The first-order valence-electron chi connectivity index (χ1n) is 11.2. The number of methoxy groups -OCH3 is 3. The number of para-hydroxylation sites is 1. The highest BCUT2D eigenvalue weighted by atomic mass is 16.5. The van der Waals surface area contributed by atoms with Crippen LogP contribution < -0.4 is 29.6 Å². The van der Waals surface area contributed by atoms with Gasteiger partial charge in [0.1, 0.15) is 11.4 Å². The van der Waals surface area contributed by atoms with Gasteiger partial charge in [0.05, 0.1) is 27.4 Å². The summed E-state index contributed by atoms with van der Waals surface area (Å²) in [6.45, 7) is 0.562. The van der Waals surface area contributed by atoms with Crippen LogP contribution in [0.15, 0.2) is 41.4 Å². The van der Waals surface area contributed by atoms with Crippen molar-refractivity contribution >= 4 is 5.96 Å². The van der Waals surface area contributed by atoms with Gasteiger partial charge in [-0.2, -0.15) is 0 Å². The van der Waals surface area contributed by atoms with E-state index in [9.17, 15) is 0 Å². The van der Waals surface area contributed by atoms with Crippen LogP contribution in [0.3, 0.4) is 0 Å². The molecule has 4 rings (SSSR count). The summed E-state index contributed by atoms with van der Waals surface area (Å²) in [5, 5.41) is 7.06. The average Bonchev–Trinajstić information content (AvgIpc) is 3.27. The third kappa shape index (κ3) is 4.42. The van der Waals surface area contributed by atoms with Crippen LogP contribution in [0, 0.1) is 0 Å². The van der Waals surface area contributed by atoms with Crippen molar-refractivity contribution in [2.45, 2.75) is 50.3 Å². The summed E-state index contributed by atoms with van der Waals surface area (Å²) in [5.41, 5.74) is 2.12. The third-order valence-electron chi connectivity index (χ3n) is 6.43. The molecule has 7 heteroatoms. The fraction of sp³-hybridized carbons (Fsp3) is 0.480. The first-order valence-corrected chi connectivity index (χ1v) is 11.2. The van der Waals surface area contributed by atoms with Crippen molar-refractivity contribution in [1.29, 1.82) is 0 Å². The Morgan fingerprint density at radius 2 is 1.75 bits per heavy atom. The maximum atomic E-state index is 6.49. The molecule has 1 spiro atoms. The predicted octanol–water partition coefficient (Wildman–Crippen LogP) is 4.21. The third-order valence-corrected chi connectivity index (χ3v) is 6.43. The molecule has 1 aliphatic carbocycles. The highest BCUT2D eigenvalue weighted by Gasteiger charge is 2.43. The maximum absolute atomic E-state index is 6.49. The highest BCUT2D eigenvalue weighted by Crippen LogP contribution is 2.47. The Labute approximate surface area is 190 Å². The molecular formula is C25H33N3O4. The lowest BCUT2D eigenvalue weighted by Gasteiger charge is -2.40. The zero-order valence-corrected chi connectivity index (χ0v) is 19.4. The number of benzene rings is 2. The molecule has 172 valence electrons. The molecule has 0 aromatic heterocycles. The number of nitrogens with zero attached hydrogens (tertiary/aromatic N) is 1. The molecule has 1 fully saturated rings. The summed E-state index contributed by atoms with van der Waals surface area (Å²) in [6.07, 6.45) is 5.61. The lowest BCUT2D eigenvalue weighted by atomic mass is 9.86. The van der Waals surface area contributed by atoms with Crippen LogP contribution in [0.1, 0.15) is 49.3 Å². The monoisotopic (exact) mass is 439 g/mol. The molecule has 0 saturated heterocycles. The number of hydrogen-bond acceptors (Lipinski definition) is 5. The maximum Gasteiger partial charge on any atom is 0.203 e. The van der Waals surface area contributed by atoms with Crippen molar-refractivity contribution in [3.8, 4) is 23.0 Å². The number of hydrogen-bond donors (Lipinski definition) is 2. The Hall–Kier alpha value is -3.09. The Balaban J connectivity index is 1.50. The van der Waals surface area contributed by atoms with Gasteiger partial charge in [0, 0.05) is 25.6 Å². The van der Waals surface area contributed by atoms with E-state index in [-0.39, 0.29) is 11.6 Å². The second-order valence-corrected chi connectivity index (χ2v) is 8.39. The smallest absolute Gasteiger partial charge is 0.203 e. The molecular weight excluding hydrogens is 406 g/mol. The van der Waals surface area contributed by atoms with Gasteiger partial charge < -0.3 is 29.6 Å². The number of guanidine groups is 1. The van der Waals surface area contributed by atoms with Crippen LogP contribution in [0.25, 0.3) is 0 Å². The fourth-order valence-corrected chi connectivity index (χ4v) is 4.86. The molecule has 2 aliphatic rings. The van der Waals surface area contributed by atoms with Crippen molar-refractivity contribution < 1.29 is 18.9 Å². The molecule has 1 heterocycles. The zero-order chi connectivity index (χ0) is 22.6. The average molecular weight is 440 g/mol. The van der Waals surface area contributed by atoms with Gasteiger partial charge in [-0.15, -0.1) is 0 Å². The highest BCUT2D eigenvalue weighted by molar-refractivity contribution is 5.80. The second kappa shape index (κ2) is 9.59. The minimum atomic E-state index is -0.0679. The van der Waals surface area contributed by atoms with Gasteiger partial charge in [-0.05, 0) is 49.4 Å². The molecule has 0 radical (unpaired) electrons. The molecule has 2 N–H and O–H groups in total. The Morgan fingerprint density at radius 3 is 2.38 bits per heavy atom. The number of rotatable bonds is 6. The van der Waals surface area contributed by atoms with Crippen molar-refractivity contribution in [3.63, 3.8) is 0 Å². The quantitative estimate of drug-likeness (QED) is 0.519. The molecule has 2 aromatic carbocycles. The van der Waals surface area contributed by atoms with E-state index in [1.807, 2.05) is 18.2 Å². The summed E-state index contributed by atoms with van der Waals surface area (Å²) in [4.78, 5) is 4.47. The summed E-state index contributed by atoms with van der Waals surface area (Å²) >= 11 is 0. The predicted molar refractivity (Wildman–Crippen MR) is 125 cm³/mol. The van der Waals surface area contributed by atoms with Gasteiger partial charge in [-0.3, -0.25) is 4.99 Å². The largest absolute Gasteiger partial charge is 0.493 e. The van der Waals surface area contributed by atoms with Gasteiger partial charge >= 0.3 is 0 Å². The van der Waals surface area contributed by atoms with E-state index in [4.69, 9.17) is 18.9 Å². The molecule has 2 aromatic rings. The van der Waals surface area contributed by atoms with E-state index < -0.39 is 0 Å². The van der Waals surface area contributed by atoms with Crippen molar-refractivity contribution in [2.24, 2.45) is 4.99 Å². The second-order valence-electron chi connectivity index (χ2n) is 8.39. The molecule has 0 bridgehead atoms. The zero-order valence-electron chi connectivity index (χ0n) is 19.4. The minimum Gasteiger partial charge on any atom is -0.493 e. The molecule has 32 heavy (non-hydrogen) atoms. The fourth-order valence-electron chi connectivity index (χ4n) is 4.86. The topological polar surface area (TPSA) is 73.3 Å². The SMILES string of the molecule is CN=C(NCc1cc(OC)c(OC)c(OC)c1)NC1CC2(CCCC2)Oc2ccccc21. The molecule has 7 nitrogen and oxygen atoms in total. The van der Waals surface area contributed by atoms with E-state index in [0.29, 0.717) is 23.8 Å². The molecule has 1 saturated carbocycles. The Bertz CT molecular complexity index is 944. The van der Waals surface area contributed by atoms with Crippen LogP contribution in [0.4, 0.5) is 0 Å². The summed E-state index contributed by atoms with van der Waals surface area (Å²) in [7, 11) is 6.64. The summed E-state index contributed by atoms with van der Waals surface area (Å²) in [6, 6.07) is 12.4. The van der Waals surface area contributed by atoms with Gasteiger partial charge in [0.15, 0.2) is 17.5 Å². The van der Waals surface area contributed by atoms with Crippen LogP contribution in [0.5, 0.6) is 23.0 Å². The molecule has 1 atom stereocenters. The standard InChI is InChI=1S/C25H33N3O4/c1-26-24(27-16-17-13-21(29-2)23(31-4)22(14-17)30-3)28-19-15-25(11-7-8-12-25)32-20-10-6-5-9-18(19)20/h5-6,9-10,13-14,19H,7-8,11-12,15-16H2,1-4H3,(H2,26,27,28). The van der Waals surface area contributed by atoms with E-state index in [0.717, 1.165) is 36.5 Å². The Kier molecular flexibility index (Phi) is 6.63. The van der Waals surface area contributed by atoms with Gasteiger partial charge in [-0.1, -0.05) is 18.2 Å². The molecule has 0 amide bonds. The minimum absolute atomic E-state index is 0.0679. The van der Waals surface area contributed by atoms with Crippen LogP contribution >= 0.6 is 0 Å².